The second kappa shape index (κ2) is 9.96. The molecule has 0 saturated heterocycles. The monoisotopic (exact) mass is 624 g/mol. The predicted octanol–water partition coefficient (Wildman–Crippen LogP) is 12.5. The summed E-state index contributed by atoms with van der Waals surface area (Å²) >= 11 is 0. The molecular formula is C46H28N2O. The molecule has 3 heteroatoms. The maximum atomic E-state index is 6.65. The Kier molecular flexibility index (Phi) is 5.38. The van der Waals surface area contributed by atoms with E-state index in [0.29, 0.717) is 0 Å². The van der Waals surface area contributed by atoms with Crippen molar-refractivity contribution in [1.29, 1.82) is 0 Å². The quantitative estimate of drug-likeness (QED) is 0.191. The van der Waals surface area contributed by atoms with Crippen LogP contribution in [0.1, 0.15) is 0 Å². The van der Waals surface area contributed by atoms with Crippen LogP contribution in [0, 0.1) is 0 Å². The first-order valence-electron chi connectivity index (χ1n) is 16.8. The third-order valence-electron chi connectivity index (χ3n) is 10.3. The Morgan fingerprint density at radius 1 is 0.327 bits per heavy atom. The van der Waals surface area contributed by atoms with E-state index in [9.17, 15) is 0 Å². The first-order valence-corrected chi connectivity index (χ1v) is 16.8. The van der Waals surface area contributed by atoms with E-state index < -0.39 is 0 Å². The van der Waals surface area contributed by atoms with E-state index in [0.717, 1.165) is 34.0 Å². The summed E-state index contributed by atoms with van der Waals surface area (Å²) in [6.07, 6.45) is 0. The van der Waals surface area contributed by atoms with Crippen molar-refractivity contribution in [3.8, 4) is 45.1 Å². The van der Waals surface area contributed by atoms with Crippen LogP contribution in [0.4, 0.5) is 0 Å². The van der Waals surface area contributed by atoms with E-state index in [1.54, 1.807) is 0 Å². The molecule has 0 bridgehead atoms. The molecule has 1 aliphatic rings. The van der Waals surface area contributed by atoms with Gasteiger partial charge in [-0.2, -0.15) is 0 Å². The number of aromatic nitrogens is 2. The molecule has 0 saturated carbocycles. The normalized spacial score (nSPS) is 12.2. The van der Waals surface area contributed by atoms with Gasteiger partial charge in [0.15, 0.2) is 0 Å². The van der Waals surface area contributed by atoms with E-state index >= 15 is 0 Å². The number of hydrogen-bond acceptors (Lipinski definition) is 1. The van der Waals surface area contributed by atoms with Gasteiger partial charge in [-0.1, -0.05) is 115 Å². The summed E-state index contributed by atoms with van der Waals surface area (Å²) in [6.45, 7) is 0. The predicted molar refractivity (Wildman–Crippen MR) is 204 cm³/mol. The number of fused-ring (bicyclic) bond motifs is 9. The van der Waals surface area contributed by atoms with E-state index in [1.807, 2.05) is 6.07 Å². The van der Waals surface area contributed by atoms with Crippen molar-refractivity contribution in [1.82, 2.24) is 9.13 Å². The van der Waals surface area contributed by atoms with Crippen molar-refractivity contribution >= 4 is 54.4 Å². The Hall–Kier alpha value is -6.58. The van der Waals surface area contributed by atoms with Gasteiger partial charge in [-0.05, 0) is 70.6 Å². The van der Waals surface area contributed by atoms with E-state index in [-0.39, 0.29) is 0 Å². The van der Waals surface area contributed by atoms with Crippen LogP contribution in [0.25, 0.3) is 88.0 Å². The molecule has 0 N–H and O–H groups in total. The molecule has 0 amide bonds. The largest absolute Gasteiger partial charge is 0.456 e. The molecule has 0 spiro atoms. The highest BCUT2D eigenvalue weighted by molar-refractivity contribution is 6.26. The summed E-state index contributed by atoms with van der Waals surface area (Å²) in [6, 6.07) is 61.1. The maximum absolute atomic E-state index is 6.65. The zero-order valence-electron chi connectivity index (χ0n) is 26.5. The Balaban J connectivity index is 1.24. The average molecular weight is 625 g/mol. The SMILES string of the molecule is c1ccc(-n2c3ccccc3c3c(-c4ccc5c6c7cccc8c7c(cc6n(-c6ccccc6)c5c4)Oc4ccccc4-8)cccc32)cc1. The van der Waals surface area contributed by atoms with Crippen LogP contribution in [0.15, 0.2) is 170 Å². The van der Waals surface area contributed by atoms with Gasteiger partial charge in [0.25, 0.3) is 0 Å². The van der Waals surface area contributed by atoms with Gasteiger partial charge in [-0.15, -0.1) is 0 Å². The Morgan fingerprint density at radius 2 is 0.939 bits per heavy atom. The Bertz CT molecular complexity index is 2950. The van der Waals surface area contributed by atoms with Gasteiger partial charge in [0.2, 0.25) is 0 Å². The third kappa shape index (κ3) is 3.67. The molecule has 11 rings (SSSR count). The molecule has 8 aromatic carbocycles. The molecule has 0 fully saturated rings. The third-order valence-corrected chi connectivity index (χ3v) is 10.3. The second-order valence-electron chi connectivity index (χ2n) is 12.9. The molecule has 49 heavy (non-hydrogen) atoms. The summed E-state index contributed by atoms with van der Waals surface area (Å²) in [7, 11) is 0. The number of rotatable bonds is 3. The summed E-state index contributed by atoms with van der Waals surface area (Å²) < 4.78 is 11.4. The van der Waals surface area contributed by atoms with Gasteiger partial charge >= 0.3 is 0 Å². The van der Waals surface area contributed by atoms with Crippen molar-refractivity contribution < 1.29 is 4.74 Å². The fourth-order valence-corrected chi connectivity index (χ4v) is 8.29. The van der Waals surface area contributed by atoms with Gasteiger partial charge in [0.05, 0.1) is 22.1 Å². The van der Waals surface area contributed by atoms with E-state index in [1.165, 1.54) is 65.6 Å². The Morgan fingerprint density at radius 3 is 1.78 bits per heavy atom. The fourth-order valence-electron chi connectivity index (χ4n) is 8.29. The van der Waals surface area contributed by atoms with Crippen LogP contribution in [-0.4, -0.2) is 9.13 Å². The number of para-hydroxylation sites is 4. The van der Waals surface area contributed by atoms with Crippen molar-refractivity contribution in [2.75, 3.05) is 0 Å². The lowest BCUT2D eigenvalue weighted by Crippen LogP contribution is -1.98. The van der Waals surface area contributed by atoms with Gasteiger partial charge < -0.3 is 13.9 Å². The first-order chi connectivity index (χ1) is 24.3. The first kappa shape index (κ1) is 26.5. The van der Waals surface area contributed by atoms with Crippen LogP contribution in [0.5, 0.6) is 11.5 Å². The van der Waals surface area contributed by atoms with Gasteiger partial charge in [-0.25, -0.2) is 0 Å². The molecule has 228 valence electrons. The van der Waals surface area contributed by atoms with Crippen LogP contribution < -0.4 is 4.74 Å². The number of ether oxygens (including phenoxy) is 1. The van der Waals surface area contributed by atoms with Crippen LogP contribution in [0.2, 0.25) is 0 Å². The molecular weight excluding hydrogens is 597 g/mol. The summed E-state index contributed by atoms with van der Waals surface area (Å²) in [5, 5.41) is 7.36. The second-order valence-corrected chi connectivity index (χ2v) is 12.9. The molecule has 10 aromatic rings. The zero-order chi connectivity index (χ0) is 32.1. The van der Waals surface area contributed by atoms with Crippen LogP contribution in [0.3, 0.4) is 0 Å². The molecule has 0 unspecified atom stereocenters. The number of hydrogen-bond donors (Lipinski definition) is 0. The lowest BCUT2D eigenvalue weighted by molar-refractivity contribution is 0.487. The topological polar surface area (TPSA) is 19.1 Å². The summed E-state index contributed by atoms with van der Waals surface area (Å²) in [5.41, 5.74) is 11.8. The molecule has 3 heterocycles. The van der Waals surface area contributed by atoms with Gasteiger partial charge in [0, 0.05) is 49.9 Å². The highest BCUT2D eigenvalue weighted by Crippen LogP contribution is 2.51. The van der Waals surface area contributed by atoms with Crippen LogP contribution in [-0.2, 0) is 0 Å². The van der Waals surface area contributed by atoms with Crippen molar-refractivity contribution in [2.45, 2.75) is 0 Å². The fraction of sp³-hybridized carbons (Fsp3) is 0. The zero-order valence-corrected chi connectivity index (χ0v) is 26.5. The smallest absolute Gasteiger partial charge is 0.138 e. The minimum absolute atomic E-state index is 0.897. The highest BCUT2D eigenvalue weighted by Gasteiger charge is 2.25. The molecule has 0 aliphatic carbocycles. The van der Waals surface area contributed by atoms with Gasteiger partial charge in [-0.3, -0.25) is 0 Å². The molecule has 2 aromatic heterocycles. The highest BCUT2D eigenvalue weighted by atomic mass is 16.5. The molecule has 3 nitrogen and oxygen atoms in total. The van der Waals surface area contributed by atoms with Gasteiger partial charge in [0.1, 0.15) is 11.5 Å². The lowest BCUT2D eigenvalue weighted by atomic mass is 9.92. The van der Waals surface area contributed by atoms with Crippen molar-refractivity contribution in [3.63, 3.8) is 0 Å². The average Bonchev–Trinajstić information content (AvgIpc) is 3.68. The number of nitrogens with zero attached hydrogens (tertiary/aromatic N) is 2. The summed E-state index contributed by atoms with van der Waals surface area (Å²) in [4.78, 5) is 0. The minimum atomic E-state index is 0.897. The van der Waals surface area contributed by atoms with Crippen LogP contribution >= 0.6 is 0 Å². The Labute approximate surface area is 282 Å². The van der Waals surface area contributed by atoms with E-state index in [2.05, 4.69) is 173 Å². The molecule has 1 aliphatic heterocycles. The number of benzene rings is 8. The molecule has 0 radical (unpaired) electrons. The summed E-state index contributed by atoms with van der Waals surface area (Å²) in [5.74, 6) is 1.80. The lowest BCUT2D eigenvalue weighted by Gasteiger charge is -2.22. The van der Waals surface area contributed by atoms with Crippen molar-refractivity contribution in [3.05, 3.63) is 170 Å². The standard InChI is InChI=1S/C46H28N2O/c1-3-13-30(14-4-1)47-38-22-9-7-18-35(38)44-32(19-12-23-39(44)47)29-25-26-36-40(27-29)48(31-15-5-2-6-16-31)41-28-43-46-34(20-11-21-37(46)45(36)41)33-17-8-10-24-42(33)49-43/h1-28H. The van der Waals surface area contributed by atoms with Crippen molar-refractivity contribution in [2.24, 2.45) is 0 Å². The van der Waals surface area contributed by atoms with E-state index in [4.69, 9.17) is 4.74 Å². The minimum Gasteiger partial charge on any atom is -0.456 e. The molecule has 0 atom stereocenters. The maximum Gasteiger partial charge on any atom is 0.138 e.